The molecule has 1 heterocycles. The van der Waals surface area contributed by atoms with Gasteiger partial charge in [0.15, 0.2) is 8.32 Å². The van der Waals surface area contributed by atoms with E-state index in [1.165, 1.54) is 11.1 Å². The third-order valence-corrected chi connectivity index (χ3v) is 10.8. The molecule has 0 aromatic heterocycles. The van der Waals surface area contributed by atoms with Crippen LogP contribution in [0.15, 0.2) is 43.0 Å². The third-order valence-electron chi connectivity index (χ3n) is 6.28. The van der Waals surface area contributed by atoms with Crippen LogP contribution in [0.5, 0.6) is 0 Å². The minimum atomic E-state index is -1.76. The highest BCUT2D eigenvalue weighted by atomic mass is 28.4. The largest absolute Gasteiger partial charge is 0.414 e. The lowest BCUT2D eigenvalue weighted by Gasteiger charge is -2.46. The number of hydrogen-bond donors (Lipinski definition) is 0. The van der Waals surface area contributed by atoms with Crippen LogP contribution in [0.4, 0.5) is 0 Å². The van der Waals surface area contributed by atoms with Crippen molar-refractivity contribution < 1.29 is 4.43 Å². The monoisotopic (exact) mass is 371 g/mol. The Bertz CT molecular complexity index is 644. The molecule has 2 nitrogen and oxygen atoms in total. The first-order valence-electron chi connectivity index (χ1n) is 9.81. The van der Waals surface area contributed by atoms with Crippen molar-refractivity contribution in [3.8, 4) is 0 Å². The Morgan fingerprint density at radius 3 is 2.35 bits per heavy atom. The molecule has 0 N–H and O–H groups in total. The van der Waals surface area contributed by atoms with Crippen LogP contribution in [-0.2, 0) is 4.43 Å². The van der Waals surface area contributed by atoms with Gasteiger partial charge in [0.1, 0.15) is 0 Å². The zero-order valence-corrected chi connectivity index (χ0v) is 18.8. The summed E-state index contributed by atoms with van der Waals surface area (Å²) in [4.78, 5) is 2.44. The minimum absolute atomic E-state index is 0.243. The van der Waals surface area contributed by atoms with E-state index in [2.05, 4.69) is 102 Å². The molecule has 0 bridgehead atoms. The molecule has 3 atom stereocenters. The van der Waals surface area contributed by atoms with Crippen molar-refractivity contribution in [3.63, 3.8) is 0 Å². The van der Waals surface area contributed by atoms with E-state index >= 15 is 0 Å². The molecule has 26 heavy (non-hydrogen) atoms. The maximum Gasteiger partial charge on any atom is 0.192 e. The fourth-order valence-electron chi connectivity index (χ4n) is 3.37. The summed E-state index contributed by atoms with van der Waals surface area (Å²) in [6.07, 6.45) is 9.10. The predicted molar refractivity (Wildman–Crippen MR) is 117 cm³/mol. The van der Waals surface area contributed by atoms with E-state index in [4.69, 9.17) is 4.43 Å². The summed E-state index contributed by atoms with van der Waals surface area (Å²) in [5.74, 6) is 0. The Balaban J connectivity index is 2.17. The van der Waals surface area contributed by atoms with E-state index in [0.717, 1.165) is 12.8 Å². The van der Waals surface area contributed by atoms with Crippen LogP contribution in [0.1, 0.15) is 44.7 Å². The number of piperidine rings is 1. The van der Waals surface area contributed by atoms with Crippen LogP contribution in [0.25, 0.3) is 6.08 Å². The number of rotatable bonds is 5. The molecular formula is C23H37NOSi. The van der Waals surface area contributed by atoms with Gasteiger partial charge in [-0.3, -0.25) is 4.90 Å². The summed E-state index contributed by atoms with van der Waals surface area (Å²) >= 11 is 0. The van der Waals surface area contributed by atoms with E-state index in [-0.39, 0.29) is 5.04 Å². The molecule has 1 saturated heterocycles. The van der Waals surface area contributed by atoms with Gasteiger partial charge in [-0.05, 0) is 56.1 Å². The molecule has 1 aromatic rings. The molecule has 0 saturated carbocycles. The van der Waals surface area contributed by atoms with Crippen molar-refractivity contribution >= 4 is 14.4 Å². The molecule has 0 spiro atoms. The first kappa shape index (κ1) is 21.1. The van der Waals surface area contributed by atoms with Crippen molar-refractivity contribution in [1.29, 1.82) is 0 Å². The molecule has 0 radical (unpaired) electrons. The van der Waals surface area contributed by atoms with Crippen molar-refractivity contribution in [1.82, 2.24) is 4.90 Å². The van der Waals surface area contributed by atoms with Crippen molar-refractivity contribution in [2.75, 3.05) is 7.05 Å². The number of benzene rings is 1. The summed E-state index contributed by atoms with van der Waals surface area (Å²) in [5.41, 5.74) is 2.61. The molecule has 1 aliphatic rings. The van der Waals surface area contributed by atoms with Gasteiger partial charge in [-0.15, -0.1) is 6.58 Å². The molecule has 3 heteroatoms. The SMILES string of the molecule is C=C[C@H]1C[C@@H](O[Si](C)(C)C(C)(C)C)C[C@@H](/C=C/c2ccccc2C)N1C. The number of nitrogens with zero attached hydrogens (tertiary/aromatic N) is 1. The van der Waals surface area contributed by atoms with Gasteiger partial charge in [0.25, 0.3) is 0 Å². The lowest BCUT2D eigenvalue weighted by Crippen LogP contribution is -2.52. The van der Waals surface area contributed by atoms with E-state index < -0.39 is 8.32 Å². The number of hydrogen-bond acceptors (Lipinski definition) is 2. The fraction of sp³-hybridized carbons (Fsp3) is 0.565. The van der Waals surface area contributed by atoms with Crippen molar-refractivity contribution in [2.24, 2.45) is 0 Å². The quantitative estimate of drug-likeness (QED) is 0.461. The maximum absolute atomic E-state index is 6.76. The van der Waals surface area contributed by atoms with Crippen LogP contribution in [0.3, 0.4) is 0 Å². The molecule has 0 amide bonds. The summed E-state index contributed by atoms with van der Waals surface area (Å²) in [6.45, 7) is 17.9. The summed E-state index contributed by atoms with van der Waals surface area (Å²) in [6, 6.07) is 9.29. The minimum Gasteiger partial charge on any atom is -0.414 e. The second-order valence-electron chi connectivity index (χ2n) is 9.22. The summed E-state index contributed by atoms with van der Waals surface area (Å²) in [5, 5.41) is 0.243. The molecule has 0 aliphatic carbocycles. The fourth-order valence-corrected chi connectivity index (χ4v) is 4.75. The zero-order valence-electron chi connectivity index (χ0n) is 17.8. The first-order chi connectivity index (χ1) is 12.0. The van der Waals surface area contributed by atoms with Gasteiger partial charge in [-0.2, -0.15) is 0 Å². The molecular weight excluding hydrogens is 334 g/mol. The van der Waals surface area contributed by atoms with Gasteiger partial charge < -0.3 is 4.43 Å². The Morgan fingerprint density at radius 1 is 1.15 bits per heavy atom. The highest BCUT2D eigenvalue weighted by Gasteiger charge is 2.41. The van der Waals surface area contributed by atoms with Crippen LogP contribution < -0.4 is 0 Å². The summed E-state index contributed by atoms with van der Waals surface area (Å²) < 4.78 is 6.76. The number of likely N-dealkylation sites (N-methyl/N-ethyl adjacent to an activating group) is 1. The van der Waals surface area contributed by atoms with Crippen molar-refractivity contribution in [2.45, 2.75) is 76.9 Å². The number of aryl methyl sites for hydroxylation is 1. The maximum atomic E-state index is 6.76. The van der Waals surface area contributed by atoms with Crippen molar-refractivity contribution in [3.05, 3.63) is 54.1 Å². The van der Waals surface area contributed by atoms with Gasteiger partial charge in [0.2, 0.25) is 0 Å². The Labute approximate surface area is 162 Å². The van der Waals surface area contributed by atoms with Gasteiger partial charge >= 0.3 is 0 Å². The molecule has 1 fully saturated rings. The molecule has 0 unspecified atom stereocenters. The molecule has 2 rings (SSSR count). The zero-order chi connectivity index (χ0) is 19.5. The summed E-state index contributed by atoms with van der Waals surface area (Å²) in [7, 11) is 0.451. The Kier molecular flexibility index (Phi) is 6.70. The lowest BCUT2D eigenvalue weighted by atomic mass is 9.93. The highest BCUT2D eigenvalue weighted by Crippen LogP contribution is 2.39. The number of likely N-dealkylation sites (tertiary alicyclic amines) is 1. The molecule has 1 aromatic carbocycles. The highest BCUT2D eigenvalue weighted by molar-refractivity contribution is 6.74. The second-order valence-corrected chi connectivity index (χ2v) is 14.0. The lowest BCUT2D eigenvalue weighted by molar-refractivity contribution is 0.0553. The molecule has 1 aliphatic heterocycles. The smallest absolute Gasteiger partial charge is 0.192 e. The standard InChI is InChI=1S/C23H37NOSi/c1-9-20-16-22(25-26(7,8)23(3,4)5)17-21(24(20)6)15-14-19-13-11-10-12-18(19)2/h9-15,20-22H,1,16-17H2,2-8H3/b15-14+/t20-,21+,22+/m0/s1. The van der Waals surface area contributed by atoms with Crippen LogP contribution >= 0.6 is 0 Å². The second kappa shape index (κ2) is 8.24. The van der Waals surface area contributed by atoms with Crippen LogP contribution in [0, 0.1) is 6.92 Å². The van der Waals surface area contributed by atoms with Crippen LogP contribution in [-0.4, -0.2) is 38.5 Å². The van der Waals surface area contributed by atoms with E-state index in [9.17, 15) is 0 Å². The molecule has 144 valence electrons. The van der Waals surface area contributed by atoms with Gasteiger partial charge in [0.05, 0.1) is 0 Å². The predicted octanol–water partition coefficient (Wildman–Crippen LogP) is 6.05. The van der Waals surface area contributed by atoms with E-state index in [0.29, 0.717) is 18.2 Å². The van der Waals surface area contributed by atoms with E-state index in [1.54, 1.807) is 0 Å². The average Bonchev–Trinajstić information content (AvgIpc) is 2.55. The Hall–Kier alpha value is -1.16. The first-order valence-corrected chi connectivity index (χ1v) is 12.7. The average molecular weight is 372 g/mol. The van der Waals surface area contributed by atoms with Crippen LogP contribution in [0.2, 0.25) is 18.1 Å². The van der Waals surface area contributed by atoms with Gasteiger partial charge in [-0.1, -0.05) is 63.3 Å². The Morgan fingerprint density at radius 2 is 1.77 bits per heavy atom. The van der Waals surface area contributed by atoms with Gasteiger partial charge in [0, 0.05) is 18.2 Å². The topological polar surface area (TPSA) is 12.5 Å². The third kappa shape index (κ3) is 4.96. The normalized spacial score (nSPS) is 25.6. The van der Waals surface area contributed by atoms with Gasteiger partial charge in [-0.25, -0.2) is 0 Å². The van der Waals surface area contributed by atoms with E-state index in [1.807, 2.05) is 0 Å².